The minimum atomic E-state index is -0.875. The van der Waals surface area contributed by atoms with Gasteiger partial charge in [0.05, 0.1) is 0 Å². The Labute approximate surface area is 55.4 Å². The van der Waals surface area contributed by atoms with Crippen molar-refractivity contribution in [3.63, 3.8) is 0 Å². The molecule has 0 fully saturated rings. The van der Waals surface area contributed by atoms with Gasteiger partial charge >= 0.3 is 55.4 Å². The molecule has 1 heteroatoms. The van der Waals surface area contributed by atoms with Crippen LogP contribution in [-0.4, -0.2) is 0 Å². The third-order valence-electron chi connectivity index (χ3n) is 2.12. The number of hydrogen-bond acceptors (Lipinski definition) is 0. The molecule has 0 radical (unpaired) electrons. The molecular weight excluding hydrogens is 184 g/mol. The molecule has 0 saturated carbocycles. The summed E-state index contributed by atoms with van der Waals surface area (Å²) in [6, 6.07) is 0. The molecule has 0 aliphatic rings. The summed E-state index contributed by atoms with van der Waals surface area (Å²) in [4.78, 5) is 0. The van der Waals surface area contributed by atoms with Crippen molar-refractivity contribution < 1.29 is 22.7 Å². The van der Waals surface area contributed by atoms with E-state index in [9.17, 15) is 0 Å². The molecule has 0 heterocycles. The van der Waals surface area contributed by atoms with Crippen molar-refractivity contribution >= 4 is 0 Å². The van der Waals surface area contributed by atoms with E-state index in [0.29, 0.717) is 0 Å². The molecule has 0 N–H and O–H groups in total. The van der Waals surface area contributed by atoms with Crippen molar-refractivity contribution in [3.05, 3.63) is 0 Å². The van der Waals surface area contributed by atoms with Crippen molar-refractivity contribution in [2.45, 2.75) is 32.7 Å². The SMILES string of the molecule is C[CH2][Cd]([CH2]C)[CH2]C. The molecule has 7 heavy (non-hydrogen) atoms. The van der Waals surface area contributed by atoms with Crippen molar-refractivity contribution in [1.29, 1.82) is 0 Å². The second-order valence-corrected chi connectivity index (χ2v) is 17.2. The van der Waals surface area contributed by atoms with Gasteiger partial charge in [0.2, 0.25) is 0 Å². The predicted molar refractivity (Wildman–Crippen MR) is 31.4 cm³/mol. The quantitative estimate of drug-likeness (QED) is 0.613. The molecule has 0 aromatic carbocycles. The molecule has 0 aliphatic heterocycles. The van der Waals surface area contributed by atoms with E-state index in [1.165, 1.54) is 0 Å². The van der Waals surface area contributed by atoms with Gasteiger partial charge in [0, 0.05) is 0 Å². The fourth-order valence-electron chi connectivity index (χ4n) is 1.06. The molecular formula is C6H15Cd. The van der Waals surface area contributed by atoms with Crippen LogP contribution in [0.5, 0.6) is 0 Å². The van der Waals surface area contributed by atoms with Gasteiger partial charge in [-0.1, -0.05) is 0 Å². The van der Waals surface area contributed by atoms with Gasteiger partial charge in [0.25, 0.3) is 0 Å². The van der Waals surface area contributed by atoms with Crippen LogP contribution in [-0.2, 0) is 22.7 Å². The molecule has 0 amide bonds. The first-order valence-corrected chi connectivity index (χ1v) is 12.2. The molecule has 0 spiro atoms. The van der Waals surface area contributed by atoms with Crippen LogP contribution in [0, 0.1) is 0 Å². The topological polar surface area (TPSA) is 0 Å². The van der Waals surface area contributed by atoms with E-state index in [-0.39, 0.29) is 0 Å². The average molecular weight is 200 g/mol. The van der Waals surface area contributed by atoms with Gasteiger partial charge in [0.15, 0.2) is 0 Å². The first-order valence-electron chi connectivity index (χ1n) is 3.62. The normalized spacial score (nSPS) is 9.00. The first-order chi connectivity index (χ1) is 3.35. The Kier molecular flexibility index (Phi) is 5.73. The van der Waals surface area contributed by atoms with E-state index in [0.717, 1.165) is 0 Å². The van der Waals surface area contributed by atoms with Crippen molar-refractivity contribution in [2.24, 2.45) is 0 Å². The Balaban J connectivity index is 2.99. The van der Waals surface area contributed by atoms with E-state index >= 15 is 0 Å². The van der Waals surface area contributed by atoms with E-state index in [4.69, 9.17) is 0 Å². The molecule has 41 valence electrons. The Hall–Kier alpha value is 0.922. The van der Waals surface area contributed by atoms with Gasteiger partial charge in [-0.25, -0.2) is 0 Å². The molecule has 0 aromatic rings. The minimum absolute atomic E-state index is 0.875. The van der Waals surface area contributed by atoms with Crippen LogP contribution in [0.25, 0.3) is 0 Å². The van der Waals surface area contributed by atoms with Crippen LogP contribution in [0.15, 0.2) is 0 Å². The summed E-state index contributed by atoms with van der Waals surface area (Å²) in [7, 11) is 0. The van der Waals surface area contributed by atoms with Crippen LogP contribution in [0.4, 0.5) is 0 Å². The summed E-state index contributed by atoms with van der Waals surface area (Å²) in [5, 5.41) is 0. The molecule has 0 atom stereocenters. The molecule has 0 nitrogen and oxygen atoms in total. The molecule has 0 rings (SSSR count). The predicted octanol–water partition coefficient (Wildman–Crippen LogP) is 2.92. The standard InChI is InChI=1S/3C2H5.Cd/c3*1-2;/h3*1H2,2H3;. The Morgan fingerprint density at radius 1 is 0.857 bits per heavy atom. The molecule has 0 aromatic heterocycles. The molecule has 0 aliphatic carbocycles. The van der Waals surface area contributed by atoms with E-state index < -0.39 is 22.7 Å². The van der Waals surface area contributed by atoms with Crippen LogP contribution in [0.1, 0.15) is 20.8 Å². The Bertz CT molecular complexity index is 25.7. The maximum absolute atomic E-state index is 2.36. The van der Waals surface area contributed by atoms with E-state index in [2.05, 4.69) is 20.8 Å². The zero-order valence-corrected chi connectivity index (χ0v) is 9.86. The van der Waals surface area contributed by atoms with Gasteiger partial charge in [-0.2, -0.15) is 0 Å². The summed E-state index contributed by atoms with van der Waals surface area (Å²) >= 11 is -0.875. The average Bonchev–Trinajstić information content (AvgIpc) is 1.72. The number of hydrogen-bond donors (Lipinski definition) is 0. The second-order valence-electron chi connectivity index (χ2n) is 2.56. The fourth-order valence-corrected chi connectivity index (χ4v) is 7.12. The summed E-state index contributed by atoms with van der Waals surface area (Å²) in [5.41, 5.74) is 0. The van der Waals surface area contributed by atoms with Crippen molar-refractivity contribution in [1.82, 2.24) is 0 Å². The third kappa shape index (κ3) is 3.50. The first kappa shape index (κ1) is 7.92. The molecule has 0 saturated heterocycles. The summed E-state index contributed by atoms with van der Waals surface area (Å²) < 4.78 is 4.73. The van der Waals surface area contributed by atoms with Crippen LogP contribution in [0.2, 0.25) is 11.9 Å². The van der Waals surface area contributed by atoms with E-state index in [1.54, 1.807) is 11.9 Å². The van der Waals surface area contributed by atoms with Gasteiger partial charge < -0.3 is 0 Å². The second kappa shape index (κ2) is 5.07. The van der Waals surface area contributed by atoms with Crippen LogP contribution >= 0.6 is 0 Å². The van der Waals surface area contributed by atoms with Gasteiger partial charge in [-0.3, -0.25) is 0 Å². The molecule has 0 unspecified atom stereocenters. The van der Waals surface area contributed by atoms with Crippen molar-refractivity contribution in [2.75, 3.05) is 0 Å². The van der Waals surface area contributed by atoms with Gasteiger partial charge in [-0.15, -0.1) is 0 Å². The maximum atomic E-state index is 2.36. The Morgan fingerprint density at radius 3 is 1.14 bits per heavy atom. The van der Waals surface area contributed by atoms with Gasteiger partial charge in [-0.05, 0) is 0 Å². The Morgan fingerprint density at radius 2 is 1.14 bits per heavy atom. The third-order valence-corrected chi connectivity index (χ3v) is 14.2. The van der Waals surface area contributed by atoms with Crippen molar-refractivity contribution in [3.8, 4) is 0 Å². The summed E-state index contributed by atoms with van der Waals surface area (Å²) in [6.07, 6.45) is 0. The monoisotopic (exact) mass is 201 g/mol. The molecule has 0 bridgehead atoms. The van der Waals surface area contributed by atoms with Crippen LogP contribution < -0.4 is 0 Å². The summed E-state index contributed by atoms with van der Waals surface area (Å²) in [6.45, 7) is 7.08. The fraction of sp³-hybridized carbons (Fsp3) is 1.00. The van der Waals surface area contributed by atoms with Crippen LogP contribution in [0.3, 0.4) is 0 Å². The zero-order valence-electron chi connectivity index (χ0n) is 5.83. The van der Waals surface area contributed by atoms with E-state index in [1.807, 2.05) is 0 Å². The van der Waals surface area contributed by atoms with Gasteiger partial charge in [0.1, 0.15) is 0 Å². The zero-order chi connectivity index (χ0) is 5.70. The summed E-state index contributed by atoms with van der Waals surface area (Å²) in [5.74, 6) is 0. The number of rotatable bonds is 3.